The van der Waals surface area contributed by atoms with E-state index in [1.807, 2.05) is 28.8 Å². The fourth-order valence-corrected chi connectivity index (χ4v) is 3.48. The third-order valence-electron chi connectivity index (χ3n) is 4.93. The fraction of sp³-hybridized carbons (Fsp3) is 0.500. The number of carbonyl (C=O) groups is 2. The number of nitrogens with zero attached hydrogens (tertiary/aromatic N) is 3. The van der Waals surface area contributed by atoms with Gasteiger partial charge in [0.1, 0.15) is 6.04 Å². The topological polar surface area (TPSA) is 88.5 Å². The zero-order valence-corrected chi connectivity index (χ0v) is 14.8. The van der Waals surface area contributed by atoms with Crippen molar-refractivity contribution in [3.05, 3.63) is 24.3 Å². The molecule has 0 bridgehead atoms. The molecule has 2 aromatic rings. The van der Waals surface area contributed by atoms with Gasteiger partial charge in [0.25, 0.3) is 0 Å². The van der Waals surface area contributed by atoms with Gasteiger partial charge in [-0.3, -0.25) is 9.69 Å². The average molecular weight is 357 g/mol. The number of anilines is 1. The summed E-state index contributed by atoms with van der Waals surface area (Å²) < 4.78 is 7.52. The number of urea groups is 1. The van der Waals surface area contributed by atoms with E-state index < -0.39 is 6.04 Å². The number of para-hydroxylation sites is 2. The largest absolute Gasteiger partial charge is 0.376 e. The second kappa shape index (κ2) is 6.95. The summed E-state index contributed by atoms with van der Waals surface area (Å²) in [6.45, 7) is 4.16. The highest BCUT2D eigenvalue weighted by atomic mass is 16.5. The molecular weight excluding hydrogens is 334 g/mol. The van der Waals surface area contributed by atoms with E-state index in [0.29, 0.717) is 25.6 Å². The van der Waals surface area contributed by atoms with Crippen molar-refractivity contribution in [1.82, 2.24) is 20.2 Å². The third-order valence-corrected chi connectivity index (χ3v) is 4.93. The molecule has 1 aromatic heterocycles. The van der Waals surface area contributed by atoms with Crippen LogP contribution in [-0.4, -0.2) is 53.3 Å². The van der Waals surface area contributed by atoms with Gasteiger partial charge >= 0.3 is 6.03 Å². The highest BCUT2D eigenvalue weighted by Gasteiger charge is 2.30. The fourth-order valence-electron chi connectivity index (χ4n) is 3.48. The van der Waals surface area contributed by atoms with Crippen molar-refractivity contribution in [2.24, 2.45) is 0 Å². The Morgan fingerprint density at radius 2 is 2.19 bits per heavy atom. The molecule has 4 rings (SSSR count). The molecule has 8 heteroatoms. The van der Waals surface area contributed by atoms with E-state index in [-0.39, 0.29) is 18.0 Å². The van der Waals surface area contributed by atoms with E-state index in [1.165, 1.54) is 0 Å². The number of hydrogen-bond acceptors (Lipinski definition) is 4. The van der Waals surface area contributed by atoms with E-state index in [4.69, 9.17) is 4.74 Å². The monoisotopic (exact) mass is 357 g/mol. The Balaban J connectivity index is 1.37. The van der Waals surface area contributed by atoms with Crippen molar-refractivity contribution in [1.29, 1.82) is 0 Å². The summed E-state index contributed by atoms with van der Waals surface area (Å²) in [7, 11) is 0. The molecular formula is C18H23N5O3. The van der Waals surface area contributed by atoms with Crippen molar-refractivity contribution in [3.8, 4) is 0 Å². The number of benzene rings is 1. The molecule has 26 heavy (non-hydrogen) atoms. The van der Waals surface area contributed by atoms with Gasteiger partial charge < -0.3 is 19.9 Å². The molecule has 8 nitrogen and oxygen atoms in total. The van der Waals surface area contributed by atoms with Crippen LogP contribution >= 0.6 is 0 Å². The van der Waals surface area contributed by atoms with Gasteiger partial charge in [0, 0.05) is 26.2 Å². The second-order valence-corrected chi connectivity index (χ2v) is 6.76. The van der Waals surface area contributed by atoms with Crippen LogP contribution in [-0.2, 0) is 16.1 Å². The molecule has 0 saturated carbocycles. The van der Waals surface area contributed by atoms with Gasteiger partial charge in [-0.15, -0.1) is 0 Å². The Hall–Kier alpha value is -2.61. The zero-order chi connectivity index (χ0) is 18.1. The molecule has 0 radical (unpaired) electrons. The van der Waals surface area contributed by atoms with Crippen molar-refractivity contribution in [2.45, 2.75) is 38.5 Å². The van der Waals surface area contributed by atoms with Gasteiger partial charge in [-0.2, -0.15) is 0 Å². The lowest BCUT2D eigenvalue weighted by molar-refractivity contribution is -0.123. The SMILES string of the molecule is C[C@H](NC(=O)N1CCn2c1nc1ccccc12)C(=O)NCC1CCCO1. The molecule has 1 unspecified atom stereocenters. The maximum absolute atomic E-state index is 12.6. The van der Waals surface area contributed by atoms with Crippen LogP contribution in [0.15, 0.2) is 24.3 Å². The normalized spacial score (nSPS) is 20.2. The Bertz CT molecular complexity index is 827. The van der Waals surface area contributed by atoms with Crippen molar-refractivity contribution in [3.63, 3.8) is 0 Å². The Labute approximate surface area is 151 Å². The van der Waals surface area contributed by atoms with Crippen LogP contribution in [0.3, 0.4) is 0 Å². The molecule has 2 atom stereocenters. The zero-order valence-electron chi connectivity index (χ0n) is 14.8. The number of amides is 3. The van der Waals surface area contributed by atoms with Crippen LogP contribution in [0.4, 0.5) is 10.7 Å². The molecule has 0 spiro atoms. The molecule has 2 aliphatic heterocycles. The summed E-state index contributed by atoms with van der Waals surface area (Å²) in [5.74, 6) is 0.414. The smallest absolute Gasteiger partial charge is 0.324 e. The second-order valence-electron chi connectivity index (χ2n) is 6.76. The van der Waals surface area contributed by atoms with Gasteiger partial charge in [0.05, 0.1) is 17.1 Å². The molecule has 2 aliphatic rings. The number of aromatic nitrogens is 2. The van der Waals surface area contributed by atoms with Gasteiger partial charge in [0.15, 0.2) is 0 Å². The first-order valence-corrected chi connectivity index (χ1v) is 9.06. The summed E-state index contributed by atoms with van der Waals surface area (Å²) in [6, 6.07) is 6.88. The number of hydrogen-bond donors (Lipinski definition) is 2. The van der Waals surface area contributed by atoms with Crippen LogP contribution in [0.25, 0.3) is 11.0 Å². The summed E-state index contributed by atoms with van der Waals surface area (Å²) >= 11 is 0. The molecule has 138 valence electrons. The van der Waals surface area contributed by atoms with Crippen molar-refractivity contribution in [2.75, 3.05) is 24.6 Å². The lowest BCUT2D eigenvalue weighted by Gasteiger charge is -2.20. The van der Waals surface area contributed by atoms with Crippen LogP contribution in [0.1, 0.15) is 19.8 Å². The molecule has 1 fully saturated rings. The third kappa shape index (κ3) is 3.12. The first-order chi connectivity index (χ1) is 12.6. The van der Waals surface area contributed by atoms with E-state index >= 15 is 0 Å². The summed E-state index contributed by atoms with van der Waals surface area (Å²) in [4.78, 5) is 31.0. The molecule has 3 heterocycles. The minimum atomic E-state index is -0.623. The predicted octanol–water partition coefficient (Wildman–Crippen LogP) is 1.25. The quantitative estimate of drug-likeness (QED) is 0.862. The van der Waals surface area contributed by atoms with Crippen LogP contribution < -0.4 is 15.5 Å². The van der Waals surface area contributed by atoms with E-state index in [1.54, 1.807) is 11.8 Å². The van der Waals surface area contributed by atoms with Gasteiger partial charge in [0.2, 0.25) is 11.9 Å². The van der Waals surface area contributed by atoms with Crippen LogP contribution in [0.2, 0.25) is 0 Å². The lowest BCUT2D eigenvalue weighted by atomic mass is 10.2. The maximum Gasteiger partial charge on any atom is 0.324 e. The number of ether oxygens (including phenoxy) is 1. The Kier molecular flexibility index (Phi) is 4.50. The Morgan fingerprint density at radius 3 is 3.00 bits per heavy atom. The highest BCUT2D eigenvalue weighted by molar-refractivity contribution is 5.96. The molecule has 0 aliphatic carbocycles. The number of imidazole rings is 1. The Morgan fingerprint density at radius 1 is 1.35 bits per heavy atom. The first kappa shape index (κ1) is 16.8. The number of fused-ring (bicyclic) bond motifs is 3. The van der Waals surface area contributed by atoms with E-state index in [0.717, 1.165) is 30.5 Å². The van der Waals surface area contributed by atoms with Gasteiger partial charge in [-0.1, -0.05) is 12.1 Å². The maximum atomic E-state index is 12.6. The standard InChI is InChI=1S/C18H23N5O3/c1-12(16(24)19-11-13-5-4-10-26-13)20-18(25)23-9-8-22-15-7-3-2-6-14(15)21-17(22)23/h2-3,6-7,12-13H,4-5,8-11H2,1H3,(H,19,24)(H,20,25)/t12-,13?/m0/s1. The molecule has 1 aromatic carbocycles. The number of carbonyl (C=O) groups excluding carboxylic acids is 2. The molecule has 3 amide bonds. The minimum Gasteiger partial charge on any atom is -0.376 e. The van der Waals surface area contributed by atoms with Crippen molar-refractivity contribution < 1.29 is 14.3 Å². The van der Waals surface area contributed by atoms with Crippen LogP contribution in [0.5, 0.6) is 0 Å². The summed E-state index contributed by atoms with van der Waals surface area (Å²) in [5.41, 5.74) is 1.88. The highest BCUT2D eigenvalue weighted by Crippen LogP contribution is 2.27. The minimum absolute atomic E-state index is 0.0836. The molecule has 2 N–H and O–H groups in total. The van der Waals surface area contributed by atoms with Crippen molar-refractivity contribution >= 4 is 28.9 Å². The first-order valence-electron chi connectivity index (χ1n) is 9.06. The lowest BCUT2D eigenvalue weighted by Crippen LogP contribution is -2.50. The predicted molar refractivity (Wildman–Crippen MR) is 97.1 cm³/mol. The molecule has 1 saturated heterocycles. The van der Waals surface area contributed by atoms with Crippen LogP contribution in [0, 0.1) is 0 Å². The summed E-state index contributed by atoms with van der Waals surface area (Å²) in [6.07, 6.45) is 2.08. The van der Waals surface area contributed by atoms with E-state index in [9.17, 15) is 9.59 Å². The average Bonchev–Trinajstić information content (AvgIpc) is 3.35. The van der Waals surface area contributed by atoms with Gasteiger partial charge in [-0.25, -0.2) is 9.78 Å². The number of rotatable bonds is 4. The number of nitrogens with one attached hydrogen (secondary N) is 2. The van der Waals surface area contributed by atoms with E-state index in [2.05, 4.69) is 15.6 Å². The van der Waals surface area contributed by atoms with Gasteiger partial charge in [-0.05, 0) is 31.9 Å². The summed E-state index contributed by atoms with van der Waals surface area (Å²) in [5, 5.41) is 5.61.